The first kappa shape index (κ1) is 24.5. The van der Waals surface area contributed by atoms with Crippen LogP contribution in [0.3, 0.4) is 0 Å². The van der Waals surface area contributed by atoms with Crippen molar-refractivity contribution in [3.05, 3.63) is 95.2 Å². The van der Waals surface area contributed by atoms with Crippen LogP contribution in [-0.4, -0.2) is 46.9 Å². The van der Waals surface area contributed by atoms with Gasteiger partial charge in [-0.05, 0) is 54.3 Å². The number of aromatic amines is 1. The number of methoxy groups -OCH3 is 1. The molecule has 2 aliphatic heterocycles. The highest BCUT2D eigenvalue weighted by Gasteiger charge is 2.53. The van der Waals surface area contributed by atoms with Gasteiger partial charge in [0.25, 0.3) is 11.8 Å². The summed E-state index contributed by atoms with van der Waals surface area (Å²) in [6, 6.07) is 21.0. The fourth-order valence-corrected chi connectivity index (χ4v) is 6.65. The summed E-state index contributed by atoms with van der Waals surface area (Å²) in [7, 11) is 1.61. The van der Waals surface area contributed by atoms with Crippen LogP contribution in [0.1, 0.15) is 58.9 Å². The Labute approximate surface area is 231 Å². The molecule has 202 valence electrons. The lowest BCUT2D eigenvalue weighted by Crippen LogP contribution is -2.44. The number of H-pyrrole nitrogens is 1. The Morgan fingerprint density at radius 1 is 0.975 bits per heavy atom. The lowest BCUT2D eigenvalue weighted by molar-refractivity contribution is -0.120. The van der Waals surface area contributed by atoms with Crippen molar-refractivity contribution < 1.29 is 19.1 Å². The summed E-state index contributed by atoms with van der Waals surface area (Å²) in [6.07, 6.45) is 4.45. The Morgan fingerprint density at radius 3 is 2.58 bits per heavy atom. The zero-order valence-electron chi connectivity index (χ0n) is 22.2. The van der Waals surface area contributed by atoms with E-state index < -0.39 is 18.1 Å². The number of benzene rings is 3. The first-order chi connectivity index (χ1) is 19.5. The quantitative estimate of drug-likeness (QED) is 0.338. The maximum absolute atomic E-state index is 14.3. The predicted molar refractivity (Wildman–Crippen MR) is 152 cm³/mol. The summed E-state index contributed by atoms with van der Waals surface area (Å²) in [6.45, 7) is 0. The molecule has 0 bridgehead atoms. The number of nitrogens with one attached hydrogen (secondary N) is 2. The second-order valence-corrected chi connectivity index (χ2v) is 10.8. The van der Waals surface area contributed by atoms with Crippen LogP contribution in [0.4, 0.5) is 10.5 Å². The second-order valence-electron chi connectivity index (χ2n) is 10.8. The lowest BCUT2D eigenvalue weighted by atomic mass is 9.89. The highest BCUT2D eigenvalue weighted by molar-refractivity contribution is 6.24. The highest BCUT2D eigenvalue weighted by atomic mass is 16.5. The Morgan fingerprint density at radius 2 is 1.75 bits per heavy atom. The number of amides is 4. The summed E-state index contributed by atoms with van der Waals surface area (Å²) in [4.78, 5) is 48.2. The van der Waals surface area contributed by atoms with Gasteiger partial charge in [0.05, 0.1) is 18.4 Å². The summed E-state index contributed by atoms with van der Waals surface area (Å²) < 4.78 is 5.50. The highest BCUT2D eigenvalue weighted by Crippen LogP contribution is 2.45. The SMILES string of the molecule is COc1cccc(C2c3[nH]c4ccccc4c3CC3C(=O)N(c4ccccc4C(=O)NC4CCCC4)C(=O)N32)c1. The Balaban J connectivity index is 1.33. The van der Waals surface area contributed by atoms with Crippen molar-refractivity contribution >= 4 is 34.4 Å². The molecule has 1 saturated heterocycles. The molecule has 3 aliphatic rings. The predicted octanol–water partition coefficient (Wildman–Crippen LogP) is 5.33. The number of anilines is 1. The van der Waals surface area contributed by atoms with E-state index in [9.17, 15) is 14.4 Å². The average molecular weight is 535 g/mol. The number of nitrogens with zero attached hydrogens (tertiary/aromatic N) is 2. The van der Waals surface area contributed by atoms with E-state index in [4.69, 9.17) is 4.74 Å². The van der Waals surface area contributed by atoms with Crippen LogP contribution in [0.15, 0.2) is 72.8 Å². The molecule has 7 rings (SSSR count). The van der Waals surface area contributed by atoms with E-state index >= 15 is 0 Å². The number of carbonyl (C=O) groups excluding carboxylic acids is 3. The molecule has 3 heterocycles. The second kappa shape index (κ2) is 9.55. The molecule has 1 saturated carbocycles. The zero-order valence-corrected chi connectivity index (χ0v) is 22.2. The molecule has 2 fully saturated rings. The van der Waals surface area contributed by atoms with Gasteiger partial charge in [-0.25, -0.2) is 9.69 Å². The van der Waals surface area contributed by atoms with Crippen molar-refractivity contribution in [1.82, 2.24) is 15.2 Å². The minimum Gasteiger partial charge on any atom is -0.497 e. The number of hydrogen-bond acceptors (Lipinski definition) is 4. The van der Waals surface area contributed by atoms with E-state index in [2.05, 4.69) is 10.3 Å². The first-order valence-electron chi connectivity index (χ1n) is 13.8. The van der Waals surface area contributed by atoms with E-state index in [1.54, 1.807) is 36.3 Å². The van der Waals surface area contributed by atoms with Gasteiger partial charge in [-0.1, -0.05) is 55.3 Å². The summed E-state index contributed by atoms with van der Waals surface area (Å²) in [5.41, 5.74) is 4.37. The van der Waals surface area contributed by atoms with E-state index in [1.165, 1.54) is 4.90 Å². The maximum atomic E-state index is 14.3. The molecule has 0 radical (unpaired) electrons. The van der Waals surface area contributed by atoms with E-state index in [1.807, 2.05) is 48.5 Å². The number of para-hydroxylation sites is 2. The molecule has 2 atom stereocenters. The standard InChI is InChI=1S/C32H30N4O4/c1-40-21-12-8-9-19(17-21)29-28-24(22-13-4-6-15-25(22)34-28)18-27-31(38)36(32(39)35(27)29)26-16-7-5-14-23(26)30(37)33-20-10-2-3-11-20/h4-9,12-17,20,27,29,34H,2-3,10-11,18H2,1H3,(H,33,37). The van der Waals surface area contributed by atoms with Crippen LogP contribution in [0.5, 0.6) is 5.75 Å². The smallest absolute Gasteiger partial charge is 0.332 e. The minimum absolute atomic E-state index is 0.118. The first-order valence-corrected chi connectivity index (χ1v) is 13.8. The van der Waals surface area contributed by atoms with Crippen LogP contribution < -0.4 is 15.0 Å². The van der Waals surface area contributed by atoms with Crippen molar-refractivity contribution in [1.29, 1.82) is 0 Å². The van der Waals surface area contributed by atoms with E-state index in [-0.39, 0.29) is 17.9 Å². The topological polar surface area (TPSA) is 94.7 Å². The van der Waals surface area contributed by atoms with Crippen molar-refractivity contribution in [3.8, 4) is 5.75 Å². The summed E-state index contributed by atoms with van der Waals surface area (Å²) in [5.74, 6) is 0.0875. The number of imide groups is 1. The number of aromatic nitrogens is 1. The van der Waals surface area contributed by atoms with E-state index in [0.29, 0.717) is 23.4 Å². The zero-order chi connectivity index (χ0) is 27.4. The van der Waals surface area contributed by atoms with Gasteiger partial charge in [0, 0.05) is 29.1 Å². The molecule has 8 nitrogen and oxygen atoms in total. The van der Waals surface area contributed by atoms with Gasteiger partial charge < -0.3 is 15.0 Å². The van der Waals surface area contributed by atoms with Crippen molar-refractivity contribution in [3.63, 3.8) is 0 Å². The number of hydrogen-bond donors (Lipinski definition) is 2. The maximum Gasteiger partial charge on any atom is 0.332 e. The number of fused-ring (bicyclic) bond motifs is 4. The molecule has 4 amide bonds. The normalized spacial score (nSPS) is 20.6. The molecular formula is C32H30N4O4. The monoisotopic (exact) mass is 534 g/mol. The van der Waals surface area contributed by atoms with Crippen molar-refractivity contribution in [2.24, 2.45) is 0 Å². The van der Waals surface area contributed by atoms with Gasteiger partial charge >= 0.3 is 6.03 Å². The molecular weight excluding hydrogens is 504 g/mol. The van der Waals surface area contributed by atoms with Gasteiger partial charge in [0.1, 0.15) is 17.8 Å². The Bertz CT molecular complexity index is 1650. The summed E-state index contributed by atoms with van der Waals surface area (Å²) in [5, 5.41) is 4.15. The van der Waals surface area contributed by atoms with Crippen LogP contribution in [-0.2, 0) is 11.2 Å². The fourth-order valence-electron chi connectivity index (χ4n) is 6.65. The van der Waals surface area contributed by atoms with Crippen LogP contribution in [0.2, 0.25) is 0 Å². The third kappa shape index (κ3) is 3.78. The number of urea groups is 1. The number of carbonyl (C=O) groups is 3. The Hall–Kier alpha value is -4.59. The van der Waals surface area contributed by atoms with Gasteiger partial charge in [-0.2, -0.15) is 0 Å². The number of ether oxygens (including phenoxy) is 1. The molecule has 40 heavy (non-hydrogen) atoms. The van der Waals surface area contributed by atoms with Crippen LogP contribution in [0, 0.1) is 0 Å². The van der Waals surface area contributed by atoms with E-state index in [0.717, 1.165) is 53.4 Å². The average Bonchev–Trinajstić information content (AvgIpc) is 3.69. The van der Waals surface area contributed by atoms with Crippen LogP contribution >= 0.6 is 0 Å². The van der Waals surface area contributed by atoms with Gasteiger partial charge in [0.15, 0.2) is 0 Å². The van der Waals surface area contributed by atoms with Crippen LogP contribution in [0.25, 0.3) is 10.9 Å². The van der Waals surface area contributed by atoms with Gasteiger partial charge in [-0.15, -0.1) is 0 Å². The molecule has 4 aromatic rings. The molecule has 1 aromatic heterocycles. The third-order valence-electron chi connectivity index (χ3n) is 8.54. The lowest BCUT2D eigenvalue weighted by Gasteiger charge is -2.36. The number of rotatable bonds is 5. The fraction of sp³-hybridized carbons (Fsp3) is 0.281. The van der Waals surface area contributed by atoms with Crippen molar-refractivity contribution in [2.45, 2.75) is 50.2 Å². The third-order valence-corrected chi connectivity index (χ3v) is 8.54. The largest absolute Gasteiger partial charge is 0.497 e. The van der Waals surface area contributed by atoms with Gasteiger partial charge in [-0.3, -0.25) is 14.5 Å². The molecule has 2 unspecified atom stereocenters. The summed E-state index contributed by atoms with van der Waals surface area (Å²) >= 11 is 0. The molecule has 3 aromatic carbocycles. The molecule has 2 N–H and O–H groups in total. The molecule has 1 aliphatic carbocycles. The minimum atomic E-state index is -0.707. The van der Waals surface area contributed by atoms with Crippen molar-refractivity contribution in [2.75, 3.05) is 12.0 Å². The molecule has 0 spiro atoms. The molecule has 8 heteroatoms. The van der Waals surface area contributed by atoms with Gasteiger partial charge in [0.2, 0.25) is 0 Å². The Kier molecular flexibility index (Phi) is 5.84.